The second-order valence-electron chi connectivity index (χ2n) is 6.19. The van der Waals surface area contributed by atoms with Crippen molar-refractivity contribution in [3.8, 4) is 5.75 Å². The van der Waals surface area contributed by atoms with E-state index in [9.17, 15) is 26.7 Å². The van der Waals surface area contributed by atoms with Gasteiger partial charge in [0.15, 0.2) is 0 Å². The van der Waals surface area contributed by atoms with Gasteiger partial charge >= 0.3 is 13.2 Å². The van der Waals surface area contributed by atoms with Crippen LogP contribution in [0.25, 0.3) is 0 Å². The van der Waals surface area contributed by atoms with Gasteiger partial charge in [0.1, 0.15) is 23.4 Å². The molecule has 1 fully saturated rings. The highest BCUT2D eigenvalue weighted by atomic mass is 19.3. The highest BCUT2D eigenvalue weighted by Gasteiger charge is 2.43. The number of carbonyl (C=O) groups is 1. The topological polar surface area (TPSA) is 98.8 Å². The van der Waals surface area contributed by atoms with Crippen molar-refractivity contribution < 1.29 is 36.2 Å². The molecule has 12 heteroatoms. The van der Waals surface area contributed by atoms with Gasteiger partial charge in [-0.05, 0) is 42.3 Å². The van der Waals surface area contributed by atoms with Gasteiger partial charge in [0.05, 0.1) is 6.20 Å². The average molecular weight is 430 g/mol. The third-order valence-corrected chi connectivity index (χ3v) is 4.08. The molecule has 1 aliphatic rings. The van der Waals surface area contributed by atoms with Crippen molar-refractivity contribution >= 4 is 17.6 Å². The second-order valence-corrected chi connectivity index (χ2v) is 6.19. The predicted octanol–water partition coefficient (Wildman–Crippen LogP) is 3.48. The molecule has 1 heterocycles. The van der Waals surface area contributed by atoms with E-state index >= 15 is 0 Å². The first-order valence-corrected chi connectivity index (χ1v) is 8.52. The Balaban J connectivity index is 1.65. The number of benzene rings is 1. The van der Waals surface area contributed by atoms with E-state index in [-0.39, 0.29) is 22.7 Å². The Labute approximate surface area is 166 Å². The Morgan fingerprint density at radius 3 is 2.63 bits per heavy atom. The van der Waals surface area contributed by atoms with Crippen LogP contribution in [-0.2, 0) is 4.74 Å². The van der Waals surface area contributed by atoms with Gasteiger partial charge in [-0.3, -0.25) is 4.79 Å². The molecule has 3 rings (SSSR count). The van der Waals surface area contributed by atoms with Crippen LogP contribution in [0, 0.1) is 5.82 Å². The second kappa shape index (κ2) is 8.93. The Bertz CT molecular complexity index is 940. The number of nitrogens with zero attached hydrogens (tertiary/aromatic N) is 2. The molecule has 2 aromatic rings. The van der Waals surface area contributed by atoms with Crippen molar-refractivity contribution in [2.45, 2.75) is 31.6 Å². The Morgan fingerprint density at radius 2 is 2.00 bits per heavy atom. The number of ether oxygens (including phenoxy) is 2. The molecule has 1 amide bonds. The summed E-state index contributed by atoms with van der Waals surface area (Å²) < 4.78 is 71.9. The van der Waals surface area contributed by atoms with Crippen LogP contribution < -0.4 is 15.8 Å². The summed E-state index contributed by atoms with van der Waals surface area (Å²) in [5.41, 5.74) is 5.60. The van der Waals surface area contributed by atoms with E-state index in [1.165, 1.54) is 18.2 Å². The van der Waals surface area contributed by atoms with Crippen LogP contribution in [-0.4, -0.2) is 36.2 Å². The Hall–Kier alpha value is -3.44. The Morgan fingerprint density at radius 1 is 1.23 bits per heavy atom. The van der Waals surface area contributed by atoms with Crippen LogP contribution in [0.2, 0.25) is 0 Å². The van der Waals surface area contributed by atoms with E-state index < -0.39 is 42.9 Å². The zero-order valence-electron chi connectivity index (χ0n) is 15.1. The Kier molecular flexibility index (Phi) is 6.33. The number of amidine groups is 1. The van der Waals surface area contributed by atoms with Crippen LogP contribution >= 0.6 is 0 Å². The molecular formula is C18H15F5N4O3. The third-order valence-electron chi connectivity index (χ3n) is 4.08. The molecule has 0 aliphatic heterocycles. The van der Waals surface area contributed by atoms with Gasteiger partial charge in [0.25, 0.3) is 11.9 Å². The third kappa shape index (κ3) is 5.55. The van der Waals surface area contributed by atoms with Crippen molar-refractivity contribution in [1.82, 2.24) is 4.98 Å². The molecule has 1 aromatic carbocycles. The maximum absolute atomic E-state index is 14.2. The molecular weight excluding hydrogens is 415 g/mol. The largest absolute Gasteiger partial charge is 0.461 e. The highest BCUT2D eigenvalue weighted by molar-refractivity contribution is 6.02. The summed E-state index contributed by atoms with van der Waals surface area (Å²) in [6.45, 7) is -6.03. The summed E-state index contributed by atoms with van der Waals surface area (Å²) in [6.07, 6.45) is 0.687. The normalized spacial score (nSPS) is 18.4. The van der Waals surface area contributed by atoms with Crippen LogP contribution in [0.15, 0.2) is 41.5 Å². The number of aromatic nitrogens is 1. The minimum Gasteiger partial charge on any atom is -0.461 e. The van der Waals surface area contributed by atoms with Crippen molar-refractivity contribution in [3.63, 3.8) is 0 Å². The monoisotopic (exact) mass is 430 g/mol. The van der Waals surface area contributed by atoms with Gasteiger partial charge in [0.2, 0.25) is 0 Å². The van der Waals surface area contributed by atoms with Crippen LogP contribution in [0.4, 0.5) is 27.6 Å². The maximum Gasteiger partial charge on any atom is 0.387 e. The minimum absolute atomic E-state index is 0.0777. The number of amides is 1. The zero-order chi connectivity index (χ0) is 21.8. The fourth-order valence-corrected chi connectivity index (χ4v) is 2.70. The summed E-state index contributed by atoms with van der Waals surface area (Å²) in [4.78, 5) is 18.7. The molecule has 0 spiro atoms. The van der Waals surface area contributed by atoms with E-state index in [1.807, 2.05) is 0 Å². The molecule has 160 valence electrons. The summed E-state index contributed by atoms with van der Waals surface area (Å²) in [5, 5.41) is 2.50. The number of nitrogens with two attached hydrogens (primary N) is 1. The molecule has 0 unspecified atom stereocenters. The maximum atomic E-state index is 14.2. The first-order valence-electron chi connectivity index (χ1n) is 8.52. The van der Waals surface area contributed by atoms with Crippen LogP contribution in [0.1, 0.15) is 28.4 Å². The number of nitrogens with one attached hydrogen (secondary N) is 1. The standard InChI is InChI=1S/C18H15F5N4O3/c19-12-3-1-8(5-10(12)11-6-14(11)30-18(24)27-16(20)21)26-15(28)13-4-2-9(7-25-13)29-17(22)23/h1-5,7,11,14,16-17H,6H2,(H2,24,27)(H,26,28)/t11-,14-/m1/s1. The zero-order valence-corrected chi connectivity index (χ0v) is 15.1. The van der Waals surface area contributed by atoms with Gasteiger partial charge in [-0.1, -0.05) is 0 Å². The fourth-order valence-electron chi connectivity index (χ4n) is 2.70. The number of aliphatic imine (C=N–C) groups is 1. The number of alkyl halides is 4. The number of halogens is 5. The minimum atomic E-state index is -3.02. The lowest BCUT2D eigenvalue weighted by Crippen LogP contribution is -2.19. The van der Waals surface area contributed by atoms with Crippen molar-refractivity contribution in [2.24, 2.45) is 10.7 Å². The molecule has 0 bridgehead atoms. The number of pyridine rings is 1. The van der Waals surface area contributed by atoms with E-state index in [0.29, 0.717) is 6.42 Å². The lowest BCUT2D eigenvalue weighted by molar-refractivity contribution is -0.0500. The SMILES string of the molecule is N/C(=N/C(F)F)O[C@@H]1C[C@@H]1c1cc(NC(=O)c2ccc(OC(F)F)cn2)ccc1F. The first-order chi connectivity index (χ1) is 14.2. The number of hydrogen-bond acceptors (Lipinski definition) is 5. The molecule has 1 aliphatic carbocycles. The van der Waals surface area contributed by atoms with E-state index in [0.717, 1.165) is 18.3 Å². The van der Waals surface area contributed by atoms with Gasteiger partial charge in [-0.25, -0.2) is 9.37 Å². The smallest absolute Gasteiger partial charge is 0.387 e. The molecule has 2 atom stereocenters. The molecule has 1 saturated carbocycles. The van der Waals surface area contributed by atoms with E-state index in [2.05, 4.69) is 20.0 Å². The quantitative estimate of drug-likeness (QED) is 0.303. The van der Waals surface area contributed by atoms with Gasteiger partial charge in [-0.2, -0.15) is 22.6 Å². The lowest BCUT2D eigenvalue weighted by Gasteiger charge is -2.09. The number of rotatable bonds is 7. The van der Waals surface area contributed by atoms with E-state index in [4.69, 9.17) is 10.5 Å². The lowest BCUT2D eigenvalue weighted by atomic mass is 10.1. The molecule has 0 saturated heterocycles. The summed E-state index contributed by atoms with van der Waals surface area (Å²) in [6, 6.07) is 5.47. The van der Waals surface area contributed by atoms with Crippen molar-refractivity contribution in [3.05, 3.63) is 53.6 Å². The highest BCUT2D eigenvalue weighted by Crippen LogP contribution is 2.45. The molecule has 3 N–H and O–H groups in total. The first kappa shape index (κ1) is 21.3. The van der Waals surface area contributed by atoms with Crippen molar-refractivity contribution in [1.29, 1.82) is 0 Å². The van der Waals surface area contributed by atoms with Crippen LogP contribution in [0.3, 0.4) is 0 Å². The fraction of sp³-hybridized carbons (Fsp3) is 0.278. The van der Waals surface area contributed by atoms with Gasteiger partial charge < -0.3 is 20.5 Å². The molecule has 30 heavy (non-hydrogen) atoms. The van der Waals surface area contributed by atoms with E-state index in [1.54, 1.807) is 0 Å². The average Bonchev–Trinajstić information content (AvgIpc) is 3.41. The van der Waals surface area contributed by atoms with Crippen LogP contribution in [0.5, 0.6) is 5.75 Å². The number of anilines is 1. The number of hydrogen-bond donors (Lipinski definition) is 2. The van der Waals surface area contributed by atoms with Gasteiger partial charge in [0, 0.05) is 11.6 Å². The molecule has 1 aromatic heterocycles. The molecule has 7 nitrogen and oxygen atoms in total. The summed E-state index contributed by atoms with van der Waals surface area (Å²) in [7, 11) is 0. The predicted molar refractivity (Wildman–Crippen MR) is 95.1 cm³/mol. The summed E-state index contributed by atoms with van der Waals surface area (Å²) >= 11 is 0. The molecule has 0 radical (unpaired) electrons. The van der Waals surface area contributed by atoms with Gasteiger partial charge in [-0.15, -0.1) is 0 Å². The van der Waals surface area contributed by atoms with Crippen molar-refractivity contribution in [2.75, 3.05) is 5.32 Å². The number of carbonyl (C=O) groups excluding carboxylic acids is 1. The summed E-state index contributed by atoms with van der Waals surface area (Å²) in [5.74, 6) is -1.88.